The number of fused-ring (bicyclic) bond motifs is 2. The molecule has 1 N–H and O–H groups in total. The van der Waals surface area contributed by atoms with Crippen molar-refractivity contribution in [3.05, 3.63) is 59.8 Å². The van der Waals surface area contributed by atoms with Crippen molar-refractivity contribution in [1.82, 2.24) is 9.88 Å². The van der Waals surface area contributed by atoms with Crippen LogP contribution in [0.1, 0.15) is 24.0 Å². The van der Waals surface area contributed by atoms with Crippen LogP contribution in [0.15, 0.2) is 48.7 Å². The van der Waals surface area contributed by atoms with Gasteiger partial charge in [-0.05, 0) is 42.4 Å². The maximum atomic E-state index is 11.9. The molecule has 160 valence electrons. The zero-order chi connectivity index (χ0) is 20.6. The standard InChI is InChI=1S/C24H30N2O4/c1-28-15-20-12-19-13-21(30-22-8-4-5-10-25-22)23(24(19,27)16-29-20)26-11-9-17-6-2-3-7-18(17)14-26/h2-8,10,19-21,23,27H,9,11-16H2,1H3/t19-,20+,21+,23-,24-/m0/s1. The molecule has 0 radical (unpaired) electrons. The second-order valence-electron chi connectivity index (χ2n) is 8.81. The summed E-state index contributed by atoms with van der Waals surface area (Å²) in [6.45, 7) is 2.59. The summed E-state index contributed by atoms with van der Waals surface area (Å²) in [7, 11) is 1.69. The Morgan fingerprint density at radius 1 is 1.17 bits per heavy atom. The number of methoxy groups -OCH3 is 1. The lowest BCUT2D eigenvalue weighted by molar-refractivity contribution is -0.180. The van der Waals surface area contributed by atoms with Gasteiger partial charge in [0.15, 0.2) is 0 Å². The molecule has 3 heterocycles. The molecule has 30 heavy (non-hydrogen) atoms. The van der Waals surface area contributed by atoms with E-state index in [0.29, 0.717) is 19.1 Å². The number of aromatic nitrogens is 1. The number of nitrogens with zero attached hydrogens (tertiary/aromatic N) is 2. The average Bonchev–Trinajstić information content (AvgIpc) is 3.05. The van der Waals surface area contributed by atoms with Crippen molar-refractivity contribution in [2.75, 3.05) is 26.9 Å². The first-order valence-electron chi connectivity index (χ1n) is 10.9. The van der Waals surface area contributed by atoms with Gasteiger partial charge in [0.25, 0.3) is 0 Å². The summed E-state index contributed by atoms with van der Waals surface area (Å²) in [5.74, 6) is 0.726. The van der Waals surface area contributed by atoms with E-state index in [-0.39, 0.29) is 24.2 Å². The van der Waals surface area contributed by atoms with Crippen molar-refractivity contribution in [2.45, 2.75) is 49.7 Å². The highest BCUT2D eigenvalue weighted by atomic mass is 16.5. The van der Waals surface area contributed by atoms with Crippen LogP contribution < -0.4 is 4.74 Å². The van der Waals surface area contributed by atoms with E-state index in [1.54, 1.807) is 13.3 Å². The quantitative estimate of drug-likeness (QED) is 0.817. The van der Waals surface area contributed by atoms with E-state index in [2.05, 4.69) is 34.1 Å². The summed E-state index contributed by atoms with van der Waals surface area (Å²) in [5, 5.41) is 11.9. The highest BCUT2D eigenvalue weighted by molar-refractivity contribution is 5.30. The molecule has 0 unspecified atom stereocenters. The van der Waals surface area contributed by atoms with Gasteiger partial charge in [0.2, 0.25) is 5.88 Å². The third kappa shape index (κ3) is 3.62. The second-order valence-corrected chi connectivity index (χ2v) is 8.81. The van der Waals surface area contributed by atoms with Gasteiger partial charge in [0.05, 0.1) is 25.4 Å². The molecule has 6 heteroatoms. The molecule has 1 saturated carbocycles. The van der Waals surface area contributed by atoms with Crippen molar-refractivity contribution in [3.63, 3.8) is 0 Å². The van der Waals surface area contributed by atoms with Crippen molar-refractivity contribution in [2.24, 2.45) is 5.92 Å². The first kappa shape index (κ1) is 19.9. The highest BCUT2D eigenvalue weighted by Crippen LogP contribution is 2.47. The molecule has 3 aliphatic rings. The van der Waals surface area contributed by atoms with E-state index < -0.39 is 5.60 Å². The van der Waals surface area contributed by atoms with Crippen LogP contribution in [0.3, 0.4) is 0 Å². The summed E-state index contributed by atoms with van der Waals surface area (Å²) >= 11 is 0. The Kier molecular flexibility index (Phi) is 5.50. The molecule has 1 aliphatic carbocycles. The van der Waals surface area contributed by atoms with Crippen molar-refractivity contribution in [3.8, 4) is 5.88 Å². The molecule has 2 aliphatic heterocycles. The molecule has 5 atom stereocenters. The third-order valence-corrected chi connectivity index (χ3v) is 7.00. The maximum Gasteiger partial charge on any atom is 0.213 e. The molecule has 0 spiro atoms. The molecule has 1 aromatic heterocycles. The fourth-order valence-electron chi connectivity index (χ4n) is 5.61. The van der Waals surface area contributed by atoms with Gasteiger partial charge in [-0.25, -0.2) is 4.98 Å². The largest absolute Gasteiger partial charge is 0.473 e. The van der Waals surface area contributed by atoms with Gasteiger partial charge in [-0.1, -0.05) is 30.3 Å². The SMILES string of the molecule is COC[C@H]1C[C@H]2C[C@@H](Oc3ccccn3)[C@H](N3CCc4ccccc4C3)[C@]2(O)CO1. The molecule has 1 saturated heterocycles. The van der Waals surface area contributed by atoms with Crippen LogP contribution in [0.2, 0.25) is 0 Å². The first-order valence-corrected chi connectivity index (χ1v) is 10.9. The Morgan fingerprint density at radius 2 is 2.00 bits per heavy atom. The van der Waals surface area contributed by atoms with Crippen LogP contribution in [-0.2, 0) is 22.4 Å². The van der Waals surface area contributed by atoms with Gasteiger partial charge in [-0.3, -0.25) is 4.90 Å². The number of hydrogen-bond acceptors (Lipinski definition) is 6. The number of hydrogen-bond donors (Lipinski definition) is 1. The van der Waals surface area contributed by atoms with Gasteiger partial charge < -0.3 is 19.3 Å². The Labute approximate surface area is 177 Å². The van der Waals surface area contributed by atoms with Gasteiger partial charge >= 0.3 is 0 Å². The van der Waals surface area contributed by atoms with Crippen LogP contribution in [0.25, 0.3) is 0 Å². The van der Waals surface area contributed by atoms with E-state index >= 15 is 0 Å². The molecule has 0 bridgehead atoms. The zero-order valence-electron chi connectivity index (χ0n) is 17.4. The van der Waals surface area contributed by atoms with Gasteiger partial charge in [-0.2, -0.15) is 0 Å². The lowest BCUT2D eigenvalue weighted by atomic mass is 9.81. The van der Waals surface area contributed by atoms with E-state index in [4.69, 9.17) is 14.2 Å². The summed E-state index contributed by atoms with van der Waals surface area (Å²) in [6.07, 6.45) is 4.20. The Morgan fingerprint density at radius 3 is 2.80 bits per heavy atom. The number of aliphatic hydroxyl groups is 1. The Bertz CT molecular complexity index is 863. The van der Waals surface area contributed by atoms with Gasteiger partial charge in [0.1, 0.15) is 11.7 Å². The van der Waals surface area contributed by atoms with E-state index in [1.807, 2.05) is 18.2 Å². The summed E-state index contributed by atoms with van der Waals surface area (Å²) in [4.78, 5) is 6.77. The summed E-state index contributed by atoms with van der Waals surface area (Å²) < 4.78 is 17.7. The predicted molar refractivity (Wildman–Crippen MR) is 112 cm³/mol. The van der Waals surface area contributed by atoms with Crippen LogP contribution in [0.5, 0.6) is 5.88 Å². The van der Waals surface area contributed by atoms with E-state index in [0.717, 1.165) is 32.4 Å². The topological polar surface area (TPSA) is 64.1 Å². The number of benzene rings is 1. The third-order valence-electron chi connectivity index (χ3n) is 7.00. The lowest BCUT2D eigenvalue weighted by Crippen LogP contribution is -2.62. The van der Waals surface area contributed by atoms with Crippen LogP contribution >= 0.6 is 0 Å². The predicted octanol–water partition coefficient (Wildman–Crippen LogP) is 2.44. The molecule has 5 rings (SSSR count). The Hall–Kier alpha value is -1.99. The maximum absolute atomic E-state index is 11.9. The van der Waals surface area contributed by atoms with Crippen LogP contribution in [0, 0.1) is 5.92 Å². The molecule has 1 aromatic carbocycles. The summed E-state index contributed by atoms with van der Waals surface area (Å²) in [6, 6.07) is 14.2. The monoisotopic (exact) mass is 410 g/mol. The first-order chi connectivity index (χ1) is 14.7. The minimum Gasteiger partial charge on any atom is -0.473 e. The smallest absolute Gasteiger partial charge is 0.213 e. The highest BCUT2D eigenvalue weighted by Gasteiger charge is 2.60. The normalized spacial score (nSPS) is 33.7. The fourth-order valence-corrected chi connectivity index (χ4v) is 5.61. The molecule has 6 nitrogen and oxygen atoms in total. The summed E-state index contributed by atoms with van der Waals surface area (Å²) in [5.41, 5.74) is 1.80. The van der Waals surface area contributed by atoms with Crippen LogP contribution in [0.4, 0.5) is 0 Å². The Balaban J connectivity index is 1.43. The molecule has 2 fully saturated rings. The van der Waals surface area contributed by atoms with Crippen molar-refractivity contribution >= 4 is 0 Å². The van der Waals surface area contributed by atoms with E-state index in [1.165, 1.54) is 11.1 Å². The van der Waals surface area contributed by atoms with Crippen molar-refractivity contribution in [1.29, 1.82) is 0 Å². The number of rotatable bonds is 5. The van der Waals surface area contributed by atoms with Crippen LogP contribution in [-0.4, -0.2) is 65.7 Å². The fraction of sp³-hybridized carbons (Fsp3) is 0.542. The second kappa shape index (κ2) is 8.27. The molecule has 2 aromatic rings. The van der Waals surface area contributed by atoms with Gasteiger partial charge in [0, 0.05) is 32.5 Å². The zero-order valence-corrected chi connectivity index (χ0v) is 17.4. The number of pyridine rings is 1. The van der Waals surface area contributed by atoms with Gasteiger partial charge in [-0.15, -0.1) is 0 Å². The van der Waals surface area contributed by atoms with E-state index in [9.17, 15) is 5.11 Å². The average molecular weight is 411 g/mol. The minimum absolute atomic E-state index is 0.0246. The molecular weight excluding hydrogens is 380 g/mol. The molecular formula is C24H30N2O4. The lowest BCUT2D eigenvalue weighted by Gasteiger charge is -2.46. The number of ether oxygens (including phenoxy) is 3. The molecule has 0 amide bonds. The minimum atomic E-state index is -0.935. The van der Waals surface area contributed by atoms with Crippen molar-refractivity contribution < 1.29 is 19.3 Å².